The lowest BCUT2D eigenvalue weighted by Crippen LogP contribution is -2.24. The first kappa shape index (κ1) is 17.2. The van der Waals surface area contributed by atoms with Crippen LogP contribution in [0.5, 0.6) is 0 Å². The lowest BCUT2D eigenvalue weighted by atomic mass is 10.1. The van der Waals surface area contributed by atoms with Crippen molar-refractivity contribution < 1.29 is 0 Å². The molecule has 0 amide bonds. The van der Waals surface area contributed by atoms with Crippen molar-refractivity contribution in [2.24, 2.45) is 0 Å². The molecule has 0 aliphatic carbocycles. The van der Waals surface area contributed by atoms with Gasteiger partial charge in [-0.3, -0.25) is 9.36 Å². The lowest BCUT2D eigenvalue weighted by molar-refractivity contribution is 0.833. The molecule has 0 radical (unpaired) electrons. The number of benzene rings is 2. The number of hydrogen-bond donors (Lipinski definition) is 0. The molecule has 2 aromatic heterocycles. The zero-order valence-corrected chi connectivity index (χ0v) is 15.9. The monoisotopic (exact) mass is 371 g/mol. The predicted octanol–water partition coefficient (Wildman–Crippen LogP) is 4.11. The molecule has 0 atom stereocenters. The largest absolute Gasteiger partial charge is 0.268 e. The van der Waals surface area contributed by atoms with Crippen LogP contribution in [0.4, 0.5) is 0 Å². The van der Waals surface area contributed by atoms with Crippen LogP contribution in [0.2, 0.25) is 0 Å². The number of para-hydroxylation sites is 1. The Morgan fingerprint density at radius 3 is 2.59 bits per heavy atom. The fourth-order valence-electron chi connectivity index (χ4n) is 3.01. The Kier molecular flexibility index (Phi) is 4.57. The molecule has 5 heteroatoms. The van der Waals surface area contributed by atoms with Crippen LogP contribution in [0.1, 0.15) is 28.2 Å². The standard InChI is InChI=1S/C22H17N3OS/c1-3-20-24-19-11-7-8-16(12-13-18-14-23-15(2)27-18)21(19)22(26)25(20)17-9-5-4-6-10-17/h4-11,14H,3H2,1-2H3. The van der Waals surface area contributed by atoms with Gasteiger partial charge in [-0.15, -0.1) is 11.3 Å². The van der Waals surface area contributed by atoms with Crippen LogP contribution in [0.3, 0.4) is 0 Å². The third-order valence-electron chi connectivity index (χ3n) is 4.24. The second-order valence-electron chi connectivity index (χ2n) is 6.05. The van der Waals surface area contributed by atoms with E-state index in [4.69, 9.17) is 4.98 Å². The van der Waals surface area contributed by atoms with E-state index in [1.165, 1.54) is 11.3 Å². The maximum absolute atomic E-state index is 13.4. The highest BCUT2D eigenvalue weighted by Crippen LogP contribution is 2.17. The van der Waals surface area contributed by atoms with Gasteiger partial charge in [0.05, 0.1) is 32.7 Å². The van der Waals surface area contributed by atoms with E-state index in [9.17, 15) is 4.79 Å². The molecule has 0 spiro atoms. The average Bonchev–Trinajstić information content (AvgIpc) is 3.11. The molecule has 27 heavy (non-hydrogen) atoms. The Morgan fingerprint density at radius 1 is 1.07 bits per heavy atom. The quantitative estimate of drug-likeness (QED) is 0.498. The molecule has 0 bridgehead atoms. The van der Waals surface area contributed by atoms with Gasteiger partial charge >= 0.3 is 0 Å². The Hall–Kier alpha value is -3.23. The molecule has 0 saturated heterocycles. The molecule has 4 rings (SSSR count). The second kappa shape index (κ2) is 7.18. The number of fused-ring (bicyclic) bond motifs is 1. The summed E-state index contributed by atoms with van der Waals surface area (Å²) in [6, 6.07) is 15.2. The summed E-state index contributed by atoms with van der Waals surface area (Å²) in [5.74, 6) is 7.00. The summed E-state index contributed by atoms with van der Waals surface area (Å²) in [5, 5.41) is 1.52. The maximum atomic E-state index is 13.4. The Labute approximate surface area is 161 Å². The van der Waals surface area contributed by atoms with Gasteiger partial charge in [0.25, 0.3) is 5.56 Å². The van der Waals surface area contributed by atoms with Crippen LogP contribution in [-0.2, 0) is 6.42 Å². The molecule has 0 aliphatic heterocycles. The summed E-state index contributed by atoms with van der Waals surface area (Å²) in [6.45, 7) is 3.95. The molecular formula is C22H17N3OS. The molecule has 0 unspecified atom stereocenters. The summed E-state index contributed by atoms with van der Waals surface area (Å²) < 4.78 is 1.68. The van der Waals surface area contributed by atoms with E-state index in [1.807, 2.05) is 62.4 Å². The van der Waals surface area contributed by atoms with Crippen LogP contribution >= 0.6 is 11.3 Å². The first-order valence-corrected chi connectivity index (χ1v) is 9.53. The fraction of sp³-hybridized carbons (Fsp3) is 0.136. The number of hydrogen-bond acceptors (Lipinski definition) is 4. The highest BCUT2D eigenvalue weighted by Gasteiger charge is 2.13. The van der Waals surface area contributed by atoms with E-state index in [2.05, 4.69) is 16.8 Å². The molecule has 4 nitrogen and oxygen atoms in total. The number of aromatic nitrogens is 3. The molecule has 2 aromatic carbocycles. The van der Waals surface area contributed by atoms with Crippen molar-refractivity contribution in [3.05, 3.63) is 86.4 Å². The van der Waals surface area contributed by atoms with E-state index in [-0.39, 0.29) is 5.56 Å². The van der Waals surface area contributed by atoms with Crippen LogP contribution in [0, 0.1) is 18.8 Å². The van der Waals surface area contributed by atoms with Crippen LogP contribution < -0.4 is 5.56 Å². The summed E-state index contributed by atoms with van der Waals surface area (Å²) in [5.41, 5.74) is 2.09. The summed E-state index contributed by atoms with van der Waals surface area (Å²) >= 11 is 1.54. The van der Waals surface area contributed by atoms with Crippen molar-refractivity contribution >= 4 is 22.2 Å². The van der Waals surface area contributed by atoms with E-state index in [0.717, 1.165) is 21.4 Å². The molecule has 4 aromatic rings. The number of nitrogens with zero attached hydrogens (tertiary/aromatic N) is 3. The molecule has 0 saturated carbocycles. The van der Waals surface area contributed by atoms with Crippen molar-refractivity contribution in [1.29, 1.82) is 0 Å². The maximum Gasteiger partial charge on any atom is 0.267 e. The second-order valence-corrected chi connectivity index (χ2v) is 7.29. The van der Waals surface area contributed by atoms with Crippen LogP contribution in [-0.4, -0.2) is 14.5 Å². The lowest BCUT2D eigenvalue weighted by Gasteiger charge is -2.13. The number of rotatable bonds is 2. The fourth-order valence-corrected chi connectivity index (χ4v) is 3.64. The van der Waals surface area contributed by atoms with Crippen molar-refractivity contribution in [1.82, 2.24) is 14.5 Å². The summed E-state index contributed by atoms with van der Waals surface area (Å²) in [4.78, 5) is 23.2. The third kappa shape index (κ3) is 3.27. The molecular weight excluding hydrogens is 354 g/mol. The van der Waals surface area contributed by atoms with Gasteiger partial charge in [0.2, 0.25) is 0 Å². The first-order chi connectivity index (χ1) is 13.2. The van der Waals surface area contributed by atoms with Crippen LogP contribution in [0.15, 0.2) is 59.5 Å². The van der Waals surface area contributed by atoms with E-state index >= 15 is 0 Å². The highest BCUT2D eigenvalue weighted by atomic mass is 32.1. The van der Waals surface area contributed by atoms with Gasteiger partial charge in [0, 0.05) is 12.0 Å². The van der Waals surface area contributed by atoms with Crippen molar-refractivity contribution in [3.8, 4) is 17.5 Å². The molecule has 0 fully saturated rings. The van der Waals surface area contributed by atoms with Gasteiger partial charge in [-0.05, 0) is 37.1 Å². The van der Waals surface area contributed by atoms with Gasteiger partial charge in [0.1, 0.15) is 5.82 Å². The normalized spacial score (nSPS) is 10.6. The number of aryl methyl sites for hydroxylation is 2. The van der Waals surface area contributed by atoms with Crippen molar-refractivity contribution in [2.75, 3.05) is 0 Å². The zero-order valence-electron chi connectivity index (χ0n) is 15.1. The predicted molar refractivity (Wildman–Crippen MR) is 110 cm³/mol. The first-order valence-electron chi connectivity index (χ1n) is 8.72. The van der Waals surface area contributed by atoms with Crippen LogP contribution in [0.25, 0.3) is 16.6 Å². The van der Waals surface area contributed by atoms with E-state index < -0.39 is 0 Å². The number of thiazole rings is 1. The smallest absolute Gasteiger partial charge is 0.267 e. The Bertz CT molecular complexity index is 1240. The topological polar surface area (TPSA) is 47.8 Å². The Morgan fingerprint density at radius 2 is 1.89 bits per heavy atom. The van der Waals surface area contributed by atoms with Gasteiger partial charge in [-0.25, -0.2) is 9.97 Å². The van der Waals surface area contributed by atoms with Gasteiger partial charge in [0.15, 0.2) is 0 Å². The van der Waals surface area contributed by atoms with E-state index in [0.29, 0.717) is 22.9 Å². The molecule has 0 aliphatic rings. The minimum atomic E-state index is -0.0894. The van der Waals surface area contributed by atoms with Gasteiger partial charge in [-0.1, -0.05) is 37.1 Å². The van der Waals surface area contributed by atoms with Gasteiger partial charge in [-0.2, -0.15) is 0 Å². The molecule has 132 valence electrons. The minimum absolute atomic E-state index is 0.0894. The molecule has 2 heterocycles. The average molecular weight is 371 g/mol. The summed E-state index contributed by atoms with van der Waals surface area (Å²) in [6.07, 6.45) is 2.42. The molecule has 0 N–H and O–H groups in total. The highest BCUT2D eigenvalue weighted by molar-refractivity contribution is 7.12. The van der Waals surface area contributed by atoms with E-state index in [1.54, 1.807) is 10.8 Å². The summed E-state index contributed by atoms with van der Waals surface area (Å²) in [7, 11) is 0. The third-order valence-corrected chi connectivity index (χ3v) is 5.07. The SMILES string of the molecule is CCc1nc2cccc(C#Cc3cnc(C)s3)c2c(=O)n1-c1ccccc1. The zero-order chi connectivity index (χ0) is 18.8. The van der Waals surface area contributed by atoms with Crippen molar-refractivity contribution in [3.63, 3.8) is 0 Å². The minimum Gasteiger partial charge on any atom is -0.268 e. The van der Waals surface area contributed by atoms with Gasteiger partial charge < -0.3 is 0 Å². The van der Waals surface area contributed by atoms with Crippen molar-refractivity contribution in [2.45, 2.75) is 20.3 Å². The Balaban J connectivity index is 1.98.